The molecule has 0 aliphatic carbocycles. The smallest absolute Gasteiger partial charge is 0.307 e. The number of hydrogen-bond acceptors (Lipinski definition) is 4. The summed E-state index contributed by atoms with van der Waals surface area (Å²) in [6.45, 7) is 0.539. The van der Waals surface area contributed by atoms with Crippen LogP contribution < -0.4 is 4.74 Å². The van der Waals surface area contributed by atoms with Gasteiger partial charge in [-0.1, -0.05) is 23.2 Å². The van der Waals surface area contributed by atoms with Crippen molar-refractivity contribution in [2.24, 2.45) is 0 Å². The van der Waals surface area contributed by atoms with Crippen molar-refractivity contribution in [1.29, 1.82) is 0 Å². The van der Waals surface area contributed by atoms with E-state index in [-0.39, 0.29) is 31.3 Å². The molecule has 21 heavy (non-hydrogen) atoms. The summed E-state index contributed by atoms with van der Waals surface area (Å²) in [6.07, 6.45) is 0.379. The first kappa shape index (κ1) is 17.6. The highest BCUT2D eigenvalue weighted by molar-refractivity contribution is 6.42. The van der Waals surface area contributed by atoms with Crippen LogP contribution >= 0.6 is 23.2 Å². The number of carbonyl (C=O) groups excluding carboxylic acids is 2. The molecule has 1 amide bonds. The van der Waals surface area contributed by atoms with Crippen molar-refractivity contribution in [3.63, 3.8) is 0 Å². The Bertz CT molecular complexity index is 508. The summed E-state index contributed by atoms with van der Waals surface area (Å²) in [7, 11) is 2.94. The van der Waals surface area contributed by atoms with Crippen molar-refractivity contribution in [3.8, 4) is 5.75 Å². The van der Waals surface area contributed by atoms with Gasteiger partial charge in [-0.25, -0.2) is 0 Å². The molecule has 1 aromatic rings. The van der Waals surface area contributed by atoms with Gasteiger partial charge in [0.25, 0.3) is 0 Å². The van der Waals surface area contributed by atoms with Crippen molar-refractivity contribution in [2.45, 2.75) is 12.8 Å². The lowest BCUT2D eigenvalue weighted by Gasteiger charge is -2.16. The molecule has 0 fully saturated rings. The summed E-state index contributed by atoms with van der Waals surface area (Å²) in [5, 5.41) is 0.846. The van der Waals surface area contributed by atoms with E-state index in [0.29, 0.717) is 22.3 Å². The Balaban J connectivity index is 2.32. The fraction of sp³-hybridized carbons (Fsp3) is 0.429. The maximum Gasteiger partial charge on any atom is 0.307 e. The van der Waals surface area contributed by atoms with Gasteiger partial charge in [0.05, 0.1) is 36.6 Å². The van der Waals surface area contributed by atoms with Gasteiger partial charge in [0.2, 0.25) is 5.91 Å². The van der Waals surface area contributed by atoms with E-state index < -0.39 is 0 Å². The molecule has 5 nitrogen and oxygen atoms in total. The van der Waals surface area contributed by atoms with Crippen LogP contribution in [0.5, 0.6) is 5.75 Å². The maximum atomic E-state index is 11.8. The number of methoxy groups -OCH3 is 1. The third-order valence-electron chi connectivity index (χ3n) is 2.78. The number of benzene rings is 1. The summed E-state index contributed by atoms with van der Waals surface area (Å²) in [5.74, 6) is 0.0927. The molecule has 0 saturated carbocycles. The molecule has 0 saturated heterocycles. The summed E-state index contributed by atoms with van der Waals surface area (Å²) in [6, 6.07) is 4.90. The first-order chi connectivity index (χ1) is 9.93. The summed E-state index contributed by atoms with van der Waals surface area (Å²) in [4.78, 5) is 24.3. The van der Waals surface area contributed by atoms with Crippen LogP contribution in [0.1, 0.15) is 12.8 Å². The van der Waals surface area contributed by atoms with E-state index in [1.54, 1.807) is 25.2 Å². The first-order valence-electron chi connectivity index (χ1n) is 6.32. The molecule has 0 N–H and O–H groups in total. The van der Waals surface area contributed by atoms with E-state index in [4.69, 9.17) is 27.9 Å². The second kappa shape index (κ2) is 8.74. The molecule has 116 valence electrons. The Morgan fingerprint density at radius 3 is 2.52 bits per heavy atom. The normalized spacial score (nSPS) is 10.1. The average Bonchev–Trinajstić information content (AvgIpc) is 2.47. The zero-order valence-corrected chi connectivity index (χ0v) is 13.4. The standard InChI is InChI=1S/C14H17Cl2NO4/c1-17(7-5-14(19)20-2)13(18)6-8-21-10-3-4-11(15)12(16)9-10/h3-4,9H,5-8H2,1-2H3. The highest BCUT2D eigenvalue weighted by Crippen LogP contribution is 2.26. The monoisotopic (exact) mass is 333 g/mol. The van der Waals surface area contributed by atoms with Gasteiger partial charge in [0, 0.05) is 19.7 Å². The van der Waals surface area contributed by atoms with Crippen molar-refractivity contribution in [2.75, 3.05) is 27.3 Å². The van der Waals surface area contributed by atoms with Gasteiger partial charge in [-0.3, -0.25) is 9.59 Å². The second-order valence-corrected chi connectivity index (χ2v) is 5.13. The maximum absolute atomic E-state index is 11.8. The number of hydrogen-bond donors (Lipinski definition) is 0. The Morgan fingerprint density at radius 1 is 1.19 bits per heavy atom. The number of carbonyl (C=O) groups is 2. The average molecular weight is 334 g/mol. The molecule has 1 rings (SSSR count). The van der Waals surface area contributed by atoms with Crippen LogP contribution in [0.15, 0.2) is 18.2 Å². The summed E-state index contributed by atoms with van der Waals surface area (Å²) >= 11 is 11.7. The van der Waals surface area contributed by atoms with Crippen molar-refractivity contribution >= 4 is 35.1 Å². The lowest BCUT2D eigenvalue weighted by atomic mass is 10.3. The molecule has 7 heteroatoms. The van der Waals surface area contributed by atoms with Crippen molar-refractivity contribution in [3.05, 3.63) is 28.2 Å². The van der Waals surface area contributed by atoms with E-state index >= 15 is 0 Å². The number of ether oxygens (including phenoxy) is 2. The van der Waals surface area contributed by atoms with E-state index in [9.17, 15) is 9.59 Å². The van der Waals surface area contributed by atoms with Gasteiger partial charge in [-0.15, -0.1) is 0 Å². The van der Waals surface area contributed by atoms with Crippen LogP contribution in [-0.4, -0.2) is 44.1 Å². The van der Waals surface area contributed by atoms with Gasteiger partial charge in [-0.2, -0.15) is 0 Å². The van der Waals surface area contributed by atoms with E-state index in [2.05, 4.69) is 4.74 Å². The van der Waals surface area contributed by atoms with Crippen LogP contribution in [0.4, 0.5) is 0 Å². The van der Waals surface area contributed by atoms with Gasteiger partial charge >= 0.3 is 5.97 Å². The highest BCUT2D eigenvalue weighted by Gasteiger charge is 2.11. The van der Waals surface area contributed by atoms with Crippen LogP contribution in [-0.2, 0) is 14.3 Å². The van der Waals surface area contributed by atoms with Crippen molar-refractivity contribution < 1.29 is 19.1 Å². The molecule has 0 aliphatic heterocycles. The van der Waals surface area contributed by atoms with Gasteiger partial charge in [0.15, 0.2) is 0 Å². The predicted molar refractivity (Wildman–Crippen MR) is 80.8 cm³/mol. The molecule has 0 aliphatic rings. The molecule has 0 heterocycles. The molecule has 1 aromatic carbocycles. The lowest BCUT2D eigenvalue weighted by molar-refractivity contribution is -0.141. The predicted octanol–water partition coefficient (Wildman–Crippen LogP) is 2.78. The van der Waals surface area contributed by atoms with Crippen molar-refractivity contribution in [1.82, 2.24) is 4.90 Å². The second-order valence-electron chi connectivity index (χ2n) is 4.32. The quantitative estimate of drug-likeness (QED) is 0.720. The first-order valence-corrected chi connectivity index (χ1v) is 7.08. The molecule has 0 unspecified atom stereocenters. The molecular formula is C14H17Cl2NO4. The minimum atomic E-state index is -0.346. The molecule has 0 spiro atoms. The van der Waals surface area contributed by atoms with Crippen LogP contribution in [0.2, 0.25) is 10.0 Å². The fourth-order valence-corrected chi connectivity index (χ4v) is 1.79. The lowest BCUT2D eigenvalue weighted by Crippen LogP contribution is -2.30. The zero-order chi connectivity index (χ0) is 15.8. The Kier molecular flexibility index (Phi) is 7.32. The number of halogens is 2. The Morgan fingerprint density at radius 2 is 1.90 bits per heavy atom. The topological polar surface area (TPSA) is 55.8 Å². The Labute approximate surface area is 133 Å². The largest absolute Gasteiger partial charge is 0.493 e. The minimum Gasteiger partial charge on any atom is -0.493 e. The highest BCUT2D eigenvalue weighted by atomic mass is 35.5. The van der Waals surface area contributed by atoms with Crippen LogP contribution in [0.25, 0.3) is 0 Å². The third-order valence-corrected chi connectivity index (χ3v) is 3.52. The number of rotatable bonds is 7. The number of amides is 1. The van der Waals surface area contributed by atoms with Crippen LogP contribution in [0, 0.1) is 0 Å². The van der Waals surface area contributed by atoms with E-state index in [1.165, 1.54) is 12.0 Å². The molecule has 0 aromatic heterocycles. The number of nitrogens with zero attached hydrogens (tertiary/aromatic N) is 1. The summed E-state index contributed by atoms with van der Waals surface area (Å²) in [5.41, 5.74) is 0. The van der Waals surface area contributed by atoms with E-state index in [0.717, 1.165) is 0 Å². The Hall–Kier alpha value is -1.46. The van der Waals surface area contributed by atoms with Gasteiger partial charge in [0.1, 0.15) is 5.75 Å². The SMILES string of the molecule is COC(=O)CCN(C)C(=O)CCOc1ccc(Cl)c(Cl)c1. The molecule has 0 bridgehead atoms. The third kappa shape index (κ3) is 6.23. The molecular weight excluding hydrogens is 317 g/mol. The summed E-state index contributed by atoms with van der Waals surface area (Å²) < 4.78 is 9.94. The van der Waals surface area contributed by atoms with Gasteiger partial charge in [-0.05, 0) is 12.1 Å². The molecule has 0 radical (unpaired) electrons. The molecule has 0 atom stereocenters. The fourth-order valence-electron chi connectivity index (χ4n) is 1.50. The number of esters is 1. The van der Waals surface area contributed by atoms with Gasteiger partial charge < -0.3 is 14.4 Å². The van der Waals surface area contributed by atoms with E-state index in [1.807, 2.05) is 0 Å². The minimum absolute atomic E-state index is 0.112. The zero-order valence-electron chi connectivity index (χ0n) is 11.9. The van der Waals surface area contributed by atoms with Crippen LogP contribution in [0.3, 0.4) is 0 Å².